The summed E-state index contributed by atoms with van der Waals surface area (Å²) in [5, 5.41) is 13.2. The summed E-state index contributed by atoms with van der Waals surface area (Å²) in [6, 6.07) is 29.0. The van der Waals surface area contributed by atoms with E-state index in [1.54, 1.807) is 48.7 Å². The van der Waals surface area contributed by atoms with Gasteiger partial charge in [0.15, 0.2) is 11.0 Å². The summed E-state index contributed by atoms with van der Waals surface area (Å²) in [7, 11) is -3.91. The summed E-state index contributed by atoms with van der Waals surface area (Å²) in [4.78, 5) is 13.2. The Labute approximate surface area is 265 Å². The topological polar surface area (TPSA) is 108 Å². The van der Waals surface area contributed by atoms with Crippen molar-refractivity contribution in [1.29, 1.82) is 0 Å². The van der Waals surface area contributed by atoms with Crippen LogP contribution in [0.1, 0.15) is 18.1 Å². The Morgan fingerprint density at radius 3 is 2.38 bits per heavy atom. The van der Waals surface area contributed by atoms with E-state index < -0.39 is 10.0 Å². The average Bonchev–Trinajstić information content (AvgIpc) is 3.64. The molecule has 6 rings (SSSR count). The minimum Gasteiger partial charge on any atom is -0.494 e. The van der Waals surface area contributed by atoms with Crippen LogP contribution in [0.25, 0.3) is 28.0 Å². The molecule has 2 aromatic heterocycles. The first-order valence-corrected chi connectivity index (χ1v) is 16.8. The Kier molecular flexibility index (Phi) is 8.46. The van der Waals surface area contributed by atoms with Crippen molar-refractivity contribution in [2.24, 2.45) is 0 Å². The van der Waals surface area contributed by atoms with Gasteiger partial charge in [-0.05, 0) is 74.9 Å². The van der Waals surface area contributed by atoms with Crippen molar-refractivity contribution >= 4 is 44.3 Å². The van der Waals surface area contributed by atoms with Gasteiger partial charge in [0.2, 0.25) is 5.91 Å². The number of anilines is 1. The molecular weight excluding hydrogens is 607 g/mol. The van der Waals surface area contributed by atoms with Crippen LogP contribution in [0.3, 0.4) is 0 Å². The van der Waals surface area contributed by atoms with Crippen LogP contribution < -0.4 is 10.1 Å². The molecule has 0 unspecified atom stereocenters. The maximum atomic E-state index is 13.8. The van der Waals surface area contributed by atoms with E-state index in [0.717, 1.165) is 22.5 Å². The van der Waals surface area contributed by atoms with Crippen molar-refractivity contribution in [1.82, 2.24) is 18.7 Å². The first-order chi connectivity index (χ1) is 21.8. The zero-order chi connectivity index (χ0) is 31.6. The van der Waals surface area contributed by atoms with Crippen LogP contribution in [0.5, 0.6) is 5.75 Å². The molecule has 1 amide bonds. The normalized spacial score (nSPS) is 11.5. The summed E-state index contributed by atoms with van der Waals surface area (Å²) < 4.78 is 36.3. The highest BCUT2D eigenvalue weighted by Crippen LogP contribution is 2.36. The first kappa shape index (κ1) is 30.2. The van der Waals surface area contributed by atoms with Crippen LogP contribution in [0.4, 0.5) is 5.69 Å². The van der Waals surface area contributed by atoms with E-state index in [-0.39, 0.29) is 16.6 Å². The van der Waals surface area contributed by atoms with Gasteiger partial charge in [0, 0.05) is 28.5 Å². The zero-order valence-corrected chi connectivity index (χ0v) is 26.6. The van der Waals surface area contributed by atoms with E-state index in [1.807, 2.05) is 79.9 Å². The summed E-state index contributed by atoms with van der Waals surface area (Å²) in [5.41, 5.74) is 4.69. The van der Waals surface area contributed by atoms with Crippen molar-refractivity contribution in [2.45, 2.75) is 30.8 Å². The van der Waals surface area contributed by atoms with Gasteiger partial charge in [-0.3, -0.25) is 9.36 Å². The fourth-order valence-corrected chi connectivity index (χ4v) is 7.27. The Hall–Kier alpha value is -4.87. The molecule has 0 bridgehead atoms. The fraction of sp³-hybridized carbons (Fsp3) is 0.147. The molecule has 11 heteroatoms. The zero-order valence-electron chi connectivity index (χ0n) is 25.0. The number of aryl methyl sites for hydroxylation is 2. The maximum absolute atomic E-state index is 13.8. The number of amides is 1. The molecule has 2 heterocycles. The second kappa shape index (κ2) is 12.6. The average molecular weight is 638 g/mol. The van der Waals surface area contributed by atoms with Crippen molar-refractivity contribution in [3.8, 4) is 22.8 Å². The van der Waals surface area contributed by atoms with Crippen molar-refractivity contribution < 1.29 is 17.9 Å². The van der Waals surface area contributed by atoms with Crippen molar-refractivity contribution in [3.05, 3.63) is 114 Å². The molecule has 45 heavy (non-hydrogen) atoms. The van der Waals surface area contributed by atoms with E-state index in [2.05, 4.69) is 15.5 Å². The van der Waals surface area contributed by atoms with Gasteiger partial charge in [-0.15, -0.1) is 10.2 Å². The molecule has 228 valence electrons. The number of para-hydroxylation sites is 1. The van der Waals surface area contributed by atoms with Gasteiger partial charge in [-0.2, -0.15) is 0 Å². The van der Waals surface area contributed by atoms with E-state index >= 15 is 0 Å². The lowest BCUT2D eigenvalue weighted by molar-refractivity contribution is -0.113. The van der Waals surface area contributed by atoms with Crippen LogP contribution in [0.15, 0.2) is 113 Å². The quantitative estimate of drug-likeness (QED) is 0.163. The maximum Gasteiger partial charge on any atom is 0.268 e. The molecule has 0 atom stereocenters. The molecule has 0 spiro atoms. The molecule has 0 fully saturated rings. The molecule has 0 saturated carbocycles. The Morgan fingerprint density at radius 1 is 0.911 bits per heavy atom. The second-order valence-electron chi connectivity index (χ2n) is 10.4. The number of fused-ring (bicyclic) bond motifs is 1. The van der Waals surface area contributed by atoms with Gasteiger partial charge in [0.05, 0.1) is 22.8 Å². The van der Waals surface area contributed by atoms with Gasteiger partial charge in [-0.1, -0.05) is 65.9 Å². The number of nitrogens with zero attached hydrogens (tertiary/aromatic N) is 4. The lowest BCUT2D eigenvalue weighted by Gasteiger charge is -2.12. The van der Waals surface area contributed by atoms with Crippen LogP contribution >= 0.6 is 11.8 Å². The number of hydrogen-bond donors (Lipinski definition) is 1. The van der Waals surface area contributed by atoms with E-state index in [9.17, 15) is 13.2 Å². The third-order valence-electron chi connectivity index (χ3n) is 7.25. The summed E-state index contributed by atoms with van der Waals surface area (Å²) in [5.74, 6) is 1.06. The van der Waals surface area contributed by atoms with Gasteiger partial charge < -0.3 is 10.1 Å². The number of aromatic nitrogens is 4. The second-order valence-corrected chi connectivity index (χ2v) is 13.2. The number of nitrogens with one attached hydrogen (secondary N) is 1. The monoisotopic (exact) mass is 637 g/mol. The Balaban J connectivity index is 1.42. The lowest BCUT2D eigenvalue weighted by Crippen LogP contribution is -2.15. The van der Waals surface area contributed by atoms with Gasteiger partial charge >= 0.3 is 0 Å². The number of rotatable bonds is 10. The van der Waals surface area contributed by atoms with E-state index in [4.69, 9.17) is 4.74 Å². The van der Waals surface area contributed by atoms with Gasteiger partial charge in [0.1, 0.15) is 5.75 Å². The summed E-state index contributed by atoms with van der Waals surface area (Å²) in [6.45, 7) is 6.42. The van der Waals surface area contributed by atoms with Crippen molar-refractivity contribution in [3.63, 3.8) is 0 Å². The third kappa shape index (κ3) is 6.09. The molecule has 0 aliphatic carbocycles. The fourth-order valence-electron chi connectivity index (χ4n) is 5.13. The van der Waals surface area contributed by atoms with E-state index in [0.29, 0.717) is 39.8 Å². The largest absolute Gasteiger partial charge is 0.494 e. The number of carbonyl (C=O) groups is 1. The molecule has 0 aliphatic rings. The first-order valence-electron chi connectivity index (χ1n) is 14.4. The standard InChI is InChI=1S/C34H31N5O4S2/c1-4-43-26-17-15-25(16-18-26)39-33(36-37-34(39)44-22-32(40)35-30-19-14-23(2)20-24(30)3)29-21-38(31-13-9-8-12-28(29)31)45(41,42)27-10-6-5-7-11-27/h5-21H,4,22H2,1-3H3,(H,35,40). The molecule has 9 nitrogen and oxygen atoms in total. The molecule has 0 aliphatic heterocycles. The molecular formula is C34H31N5O4S2. The minimum atomic E-state index is -3.91. The minimum absolute atomic E-state index is 0.0899. The molecule has 6 aromatic rings. The van der Waals surface area contributed by atoms with Crippen LogP contribution in [0, 0.1) is 13.8 Å². The SMILES string of the molecule is CCOc1ccc(-n2c(SCC(=O)Nc3ccc(C)cc3C)nnc2-c2cn(S(=O)(=O)c3ccccc3)c3ccccc23)cc1. The Bertz CT molecular complexity index is 2100. The predicted octanol–water partition coefficient (Wildman–Crippen LogP) is 6.87. The number of ether oxygens (including phenoxy) is 1. The predicted molar refractivity (Wildman–Crippen MR) is 178 cm³/mol. The Morgan fingerprint density at radius 2 is 1.64 bits per heavy atom. The number of hydrogen-bond acceptors (Lipinski definition) is 7. The van der Waals surface area contributed by atoms with E-state index in [1.165, 1.54) is 15.7 Å². The molecule has 1 N–H and O–H groups in total. The highest BCUT2D eigenvalue weighted by atomic mass is 32.2. The number of benzene rings is 4. The van der Waals surface area contributed by atoms with Gasteiger partial charge in [-0.25, -0.2) is 12.4 Å². The highest BCUT2D eigenvalue weighted by Gasteiger charge is 2.25. The third-order valence-corrected chi connectivity index (χ3v) is 9.86. The molecule has 0 radical (unpaired) electrons. The smallest absolute Gasteiger partial charge is 0.268 e. The van der Waals surface area contributed by atoms with Crippen LogP contribution in [0.2, 0.25) is 0 Å². The summed E-state index contributed by atoms with van der Waals surface area (Å²) in [6.07, 6.45) is 1.59. The van der Waals surface area contributed by atoms with Crippen LogP contribution in [-0.2, 0) is 14.8 Å². The van der Waals surface area contributed by atoms with Crippen LogP contribution in [-0.4, -0.2) is 45.4 Å². The van der Waals surface area contributed by atoms with Gasteiger partial charge in [0.25, 0.3) is 10.0 Å². The summed E-state index contributed by atoms with van der Waals surface area (Å²) >= 11 is 1.24. The molecule has 0 saturated heterocycles. The number of carbonyl (C=O) groups excluding carboxylic acids is 1. The lowest BCUT2D eigenvalue weighted by atomic mass is 10.1. The van der Waals surface area contributed by atoms with Crippen molar-refractivity contribution in [2.75, 3.05) is 17.7 Å². The highest BCUT2D eigenvalue weighted by molar-refractivity contribution is 7.99. The molecule has 4 aromatic carbocycles. The number of thioether (sulfide) groups is 1.